The molecule has 0 aromatic heterocycles. The molecule has 5 aromatic carbocycles. The van der Waals surface area contributed by atoms with Crippen molar-refractivity contribution in [1.82, 2.24) is 0 Å². The topological polar surface area (TPSA) is 0 Å². The van der Waals surface area contributed by atoms with Crippen LogP contribution in [0.4, 0.5) is 4.39 Å². The Labute approximate surface area is 162 Å². The Kier molecular flexibility index (Phi) is 3.21. The van der Waals surface area contributed by atoms with Crippen LogP contribution in [-0.4, -0.2) is 0 Å². The van der Waals surface area contributed by atoms with Crippen molar-refractivity contribution in [2.45, 2.75) is 5.92 Å². The summed E-state index contributed by atoms with van der Waals surface area (Å²) in [5.41, 5.74) is 5.90. The largest absolute Gasteiger partial charge is 0.207 e. The number of rotatable bonds is 1. The molecule has 0 aliphatic heterocycles. The number of halogens is 1. The molecule has 1 aliphatic rings. The van der Waals surface area contributed by atoms with Crippen molar-refractivity contribution in [3.8, 4) is 11.1 Å². The monoisotopic (exact) mass is 360 g/mol. The maximum atomic E-state index is 14.1. The van der Waals surface area contributed by atoms with E-state index < -0.39 is 0 Å². The van der Waals surface area contributed by atoms with E-state index >= 15 is 0 Å². The Morgan fingerprint density at radius 3 is 1.89 bits per heavy atom. The van der Waals surface area contributed by atoms with Crippen molar-refractivity contribution in [1.29, 1.82) is 0 Å². The van der Waals surface area contributed by atoms with Crippen LogP contribution in [0.3, 0.4) is 0 Å². The molecule has 132 valence electrons. The lowest BCUT2D eigenvalue weighted by Crippen LogP contribution is -2.02. The molecule has 0 heterocycles. The molecule has 28 heavy (non-hydrogen) atoms. The van der Waals surface area contributed by atoms with Gasteiger partial charge in [0.15, 0.2) is 0 Å². The van der Waals surface area contributed by atoms with Crippen molar-refractivity contribution in [3.05, 3.63) is 120 Å². The molecule has 0 amide bonds. The Balaban J connectivity index is 1.79. The molecule has 1 atom stereocenters. The zero-order chi connectivity index (χ0) is 18.7. The zero-order valence-electron chi connectivity index (χ0n) is 15.2. The van der Waals surface area contributed by atoms with E-state index in [4.69, 9.17) is 0 Å². The summed E-state index contributed by atoms with van der Waals surface area (Å²) in [7, 11) is 0. The molecule has 0 radical (unpaired) electrons. The van der Waals surface area contributed by atoms with Gasteiger partial charge in [0, 0.05) is 5.92 Å². The number of hydrogen-bond acceptors (Lipinski definition) is 0. The fourth-order valence-electron chi connectivity index (χ4n) is 4.85. The average Bonchev–Trinajstić information content (AvgIpc) is 3.05. The molecule has 0 saturated carbocycles. The molecule has 6 rings (SSSR count). The van der Waals surface area contributed by atoms with Crippen LogP contribution in [0.5, 0.6) is 0 Å². The van der Waals surface area contributed by atoms with Gasteiger partial charge in [0.1, 0.15) is 5.82 Å². The van der Waals surface area contributed by atoms with Gasteiger partial charge < -0.3 is 0 Å². The number of benzene rings is 5. The van der Waals surface area contributed by atoms with Gasteiger partial charge in [0.25, 0.3) is 0 Å². The van der Waals surface area contributed by atoms with E-state index in [2.05, 4.69) is 72.8 Å². The van der Waals surface area contributed by atoms with Crippen molar-refractivity contribution in [3.63, 3.8) is 0 Å². The summed E-state index contributed by atoms with van der Waals surface area (Å²) in [6.45, 7) is 0. The first-order valence-electron chi connectivity index (χ1n) is 9.60. The third-order valence-corrected chi connectivity index (χ3v) is 5.99. The molecule has 0 nitrogen and oxygen atoms in total. The average molecular weight is 360 g/mol. The lowest BCUT2D eigenvalue weighted by molar-refractivity contribution is 0.628. The molecule has 1 heteroatoms. The first-order valence-corrected chi connectivity index (χ1v) is 9.60. The van der Waals surface area contributed by atoms with E-state index in [0.29, 0.717) is 0 Å². The molecule has 1 unspecified atom stereocenters. The van der Waals surface area contributed by atoms with Crippen LogP contribution in [0, 0.1) is 5.82 Å². The van der Waals surface area contributed by atoms with Crippen LogP contribution in [-0.2, 0) is 0 Å². The van der Waals surface area contributed by atoms with E-state index in [1.807, 2.05) is 12.1 Å². The quantitative estimate of drug-likeness (QED) is 0.270. The zero-order valence-corrected chi connectivity index (χ0v) is 15.2. The molecule has 0 saturated heterocycles. The highest BCUT2D eigenvalue weighted by molar-refractivity contribution is 6.04. The predicted octanol–water partition coefficient (Wildman–Crippen LogP) is 7.29. The minimum Gasteiger partial charge on any atom is -0.207 e. The summed E-state index contributed by atoms with van der Waals surface area (Å²) in [4.78, 5) is 0. The molecular formula is C27H17F. The van der Waals surface area contributed by atoms with Gasteiger partial charge in [-0.25, -0.2) is 4.39 Å². The maximum absolute atomic E-state index is 14.1. The van der Waals surface area contributed by atoms with Crippen LogP contribution < -0.4 is 0 Å². The van der Waals surface area contributed by atoms with E-state index in [-0.39, 0.29) is 11.7 Å². The van der Waals surface area contributed by atoms with Gasteiger partial charge in [0.05, 0.1) is 0 Å². The van der Waals surface area contributed by atoms with Crippen molar-refractivity contribution < 1.29 is 4.39 Å². The fourth-order valence-corrected chi connectivity index (χ4v) is 4.85. The normalized spacial score (nSPS) is 15.0. The highest BCUT2D eigenvalue weighted by Gasteiger charge is 2.32. The highest BCUT2D eigenvalue weighted by atomic mass is 19.1. The number of hydrogen-bond donors (Lipinski definition) is 0. The second-order valence-corrected chi connectivity index (χ2v) is 7.48. The minimum atomic E-state index is -0.183. The molecule has 0 bridgehead atoms. The van der Waals surface area contributed by atoms with E-state index in [0.717, 1.165) is 11.1 Å². The Bertz CT molecular complexity index is 1330. The third-order valence-electron chi connectivity index (χ3n) is 5.99. The van der Waals surface area contributed by atoms with E-state index in [1.54, 1.807) is 12.1 Å². The number of fused-ring (bicyclic) bond motifs is 5. The van der Waals surface area contributed by atoms with Crippen LogP contribution in [0.25, 0.3) is 32.7 Å². The van der Waals surface area contributed by atoms with E-state index in [9.17, 15) is 4.39 Å². The smallest absolute Gasteiger partial charge is 0.123 e. The fraction of sp³-hybridized carbons (Fsp3) is 0.0370. The second-order valence-electron chi connectivity index (χ2n) is 7.48. The first kappa shape index (κ1) is 15.6. The van der Waals surface area contributed by atoms with Gasteiger partial charge in [0.2, 0.25) is 0 Å². The molecule has 0 fully saturated rings. The van der Waals surface area contributed by atoms with Crippen LogP contribution >= 0.6 is 0 Å². The van der Waals surface area contributed by atoms with Gasteiger partial charge in [-0.3, -0.25) is 0 Å². The van der Waals surface area contributed by atoms with Crippen molar-refractivity contribution in [2.24, 2.45) is 0 Å². The maximum Gasteiger partial charge on any atom is 0.123 e. The summed E-state index contributed by atoms with van der Waals surface area (Å²) in [6.07, 6.45) is 0. The predicted molar refractivity (Wildman–Crippen MR) is 114 cm³/mol. The van der Waals surface area contributed by atoms with Gasteiger partial charge in [-0.05, 0) is 67.6 Å². The molecule has 0 spiro atoms. The standard InChI is InChI=1S/C27H17F/c28-19-13-14-24-25(16-19)22-11-5-6-12-23(22)27(24)26-20-9-3-1-7-17(20)15-18-8-2-4-10-21(18)26/h1-16,27H. The van der Waals surface area contributed by atoms with Gasteiger partial charge in [-0.15, -0.1) is 0 Å². The Morgan fingerprint density at radius 1 is 0.536 bits per heavy atom. The van der Waals surface area contributed by atoms with Crippen LogP contribution in [0.15, 0.2) is 97.1 Å². The van der Waals surface area contributed by atoms with Gasteiger partial charge in [-0.1, -0.05) is 78.9 Å². The first-order chi connectivity index (χ1) is 13.8. The van der Waals surface area contributed by atoms with Crippen molar-refractivity contribution in [2.75, 3.05) is 0 Å². The Hall–Kier alpha value is -3.45. The van der Waals surface area contributed by atoms with Crippen LogP contribution in [0.1, 0.15) is 22.6 Å². The summed E-state index contributed by atoms with van der Waals surface area (Å²) in [5, 5.41) is 5.00. The third kappa shape index (κ3) is 2.10. The summed E-state index contributed by atoms with van der Waals surface area (Å²) < 4.78 is 14.1. The lowest BCUT2D eigenvalue weighted by atomic mass is 9.83. The van der Waals surface area contributed by atoms with Gasteiger partial charge >= 0.3 is 0 Å². The summed E-state index contributed by atoms with van der Waals surface area (Å²) >= 11 is 0. The summed E-state index contributed by atoms with van der Waals surface area (Å²) in [5.74, 6) is -0.0835. The minimum absolute atomic E-state index is 0.0998. The second kappa shape index (κ2) is 5.77. The van der Waals surface area contributed by atoms with E-state index in [1.165, 1.54) is 38.2 Å². The van der Waals surface area contributed by atoms with Crippen molar-refractivity contribution >= 4 is 21.5 Å². The lowest BCUT2D eigenvalue weighted by Gasteiger charge is -2.20. The molecule has 0 N–H and O–H groups in total. The highest BCUT2D eigenvalue weighted by Crippen LogP contribution is 2.51. The molecular weight excluding hydrogens is 343 g/mol. The SMILES string of the molecule is Fc1ccc2c(c1)-c1ccccc1C2c1c2ccccc2cc2ccccc12. The van der Waals surface area contributed by atoms with Gasteiger partial charge in [-0.2, -0.15) is 0 Å². The Morgan fingerprint density at radius 2 is 1.14 bits per heavy atom. The summed E-state index contributed by atoms with van der Waals surface area (Å²) in [6, 6.07) is 33.1. The molecule has 5 aromatic rings. The molecule has 1 aliphatic carbocycles. The van der Waals surface area contributed by atoms with Crippen LogP contribution in [0.2, 0.25) is 0 Å².